The standard InChI is InChI=1S/C14H15ClFNS/c1-2-17-13(8-10-6-7-18-9-10)11-4-3-5-12(15)14(11)16/h3-7,9,13,17H,2,8H2,1H3. The maximum absolute atomic E-state index is 14.0. The van der Waals surface area contributed by atoms with Gasteiger partial charge >= 0.3 is 0 Å². The molecule has 0 fully saturated rings. The summed E-state index contributed by atoms with van der Waals surface area (Å²) in [6, 6.07) is 7.19. The number of hydrogen-bond donors (Lipinski definition) is 1. The van der Waals surface area contributed by atoms with Gasteiger partial charge in [-0.25, -0.2) is 4.39 Å². The molecule has 2 aromatic rings. The molecule has 18 heavy (non-hydrogen) atoms. The highest BCUT2D eigenvalue weighted by Crippen LogP contribution is 2.26. The van der Waals surface area contributed by atoms with Gasteiger partial charge in [0.25, 0.3) is 0 Å². The van der Waals surface area contributed by atoms with Crippen LogP contribution in [0.2, 0.25) is 5.02 Å². The Morgan fingerprint density at radius 3 is 2.89 bits per heavy atom. The van der Waals surface area contributed by atoms with Gasteiger partial charge in [0.05, 0.1) is 5.02 Å². The third kappa shape index (κ3) is 3.10. The van der Waals surface area contributed by atoms with Gasteiger partial charge in [-0.2, -0.15) is 11.3 Å². The van der Waals surface area contributed by atoms with Crippen LogP contribution in [0, 0.1) is 5.82 Å². The largest absolute Gasteiger partial charge is 0.310 e. The number of rotatable bonds is 5. The Labute approximate surface area is 116 Å². The molecule has 0 aliphatic heterocycles. The highest BCUT2D eigenvalue weighted by molar-refractivity contribution is 7.07. The van der Waals surface area contributed by atoms with E-state index in [0.29, 0.717) is 5.56 Å². The van der Waals surface area contributed by atoms with Crippen molar-refractivity contribution in [3.8, 4) is 0 Å². The topological polar surface area (TPSA) is 12.0 Å². The van der Waals surface area contributed by atoms with E-state index in [1.54, 1.807) is 29.5 Å². The van der Waals surface area contributed by atoms with Crippen molar-refractivity contribution < 1.29 is 4.39 Å². The first kappa shape index (κ1) is 13.5. The van der Waals surface area contributed by atoms with E-state index in [4.69, 9.17) is 11.6 Å². The van der Waals surface area contributed by atoms with Crippen molar-refractivity contribution in [3.63, 3.8) is 0 Å². The second-order valence-corrected chi connectivity index (χ2v) is 5.28. The van der Waals surface area contributed by atoms with Gasteiger partial charge in [0, 0.05) is 11.6 Å². The third-order valence-electron chi connectivity index (χ3n) is 2.83. The van der Waals surface area contributed by atoms with Crippen LogP contribution in [-0.4, -0.2) is 6.54 Å². The van der Waals surface area contributed by atoms with Crippen molar-refractivity contribution in [1.29, 1.82) is 0 Å². The first-order valence-electron chi connectivity index (χ1n) is 5.90. The summed E-state index contributed by atoms with van der Waals surface area (Å²) >= 11 is 7.49. The average Bonchev–Trinajstić information content (AvgIpc) is 2.85. The predicted molar refractivity (Wildman–Crippen MR) is 75.9 cm³/mol. The molecule has 0 aliphatic rings. The molecule has 0 spiro atoms. The van der Waals surface area contributed by atoms with Gasteiger partial charge in [0.1, 0.15) is 5.82 Å². The number of nitrogens with one attached hydrogen (secondary N) is 1. The van der Waals surface area contributed by atoms with Crippen molar-refractivity contribution in [3.05, 3.63) is 57.0 Å². The van der Waals surface area contributed by atoms with Crippen molar-refractivity contribution in [2.45, 2.75) is 19.4 Å². The zero-order valence-corrected chi connectivity index (χ0v) is 11.7. The highest BCUT2D eigenvalue weighted by Gasteiger charge is 2.17. The van der Waals surface area contributed by atoms with Gasteiger partial charge in [0.2, 0.25) is 0 Å². The molecule has 96 valence electrons. The molecule has 0 amide bonds. The molecule has 1 aromatic heterocycles. The number of halogens is 2. The van der Waals surface area contributed by atoms with Gasteiger partial charge < -0.3 is 5.32 Å². The predicted octanol–water partition coefficient (Wildman–Crippen LogP) is 4.43. The second kappa shape index (κ2) is 6.32. The molecule has 2 rings (SSSR count). The van der Waals surface area contributed by atoms with Crippen molar-refractivity contribution in [2.75, 3.05) is 6.54 Å². The Morgan fingerprint density at radius 2 is 2.22 bits per heavy atom. The van der Waals surface area contributed by atoms with E-state index in [1.165, 1.54) is 5.56 Å². The molecular weight excluding hydrogens is 269 g/mol. The lowest BCUT2D eigenvalue weighted by atomic mass is 10.00. The average molecular weight is 284 g/mol. The molecule has 1 nitrogen and oxygen atoms in total. The molecule has 0 saturated carbocycles. The van der Waals surface area contributed by atoms with Crippen LogP contribution in [0.25, 0.3) is 0 Å². The Bertz CT molecular complexity index is 499. The smallest absolute Gasteiger partial charge is 0.146 e. The molecular formula is C14H15ClFNS. The molecule has 0 aliphatic carbocycles. The Morgan fingerprint density at radius 1 is 1.39 bits per heavy atom. The van der Waals surface area contributed by atoms with Crippen LogP contribution >= 0.6 is 22.9 Å². The van der Waals surface area contributed by atoms with Crippen molar-refractivity contribution in [2.24, 2.45) is 0 Å². The number of hydrogen-bond acceptors (Lipinski definition) is 2. The van der Waals surface area contributed by atoms with Crippen LogP contribution in [-0.2, 0) is 6.42 Å². The van der Waals surface area contributed by atoms with Crippen LogP contribution in [0.1, 0.15) is 24.1 Å². The highest BCUT2D eigenvalue weighted by atomic mass is 35.5. The minimum Gasteiger partial charge on any atom is -0.310 e. The van der Waals surface area contributed by atoms with Crippen LogP contribution in [0.15, 0.2) is 35.0 Å². The van der Waals surface area contributed by atoms with Crippen LogP contribution in [0.4, 0.5) is 4.39 Å². The van der Waals surface area contributed by atoms with Gasteiger partial charge in [-0.15, -0.1) is 0 Å². The SMILES string of the molecule is CCNC(Cc1ccsc1)c1cccc(Cl)c1F. The normalized spacial score (nSPS) is 12.6. The monoisotopic (exact) mass is 283 g/mol. The number of thiophene rings is 1. The first-order chi connectivity index (χ1) is 8.72. The van der Waals surface area contributed by atoms with Crippen molar-refractivity contribution >= 4 is 22.9 Å². The summed E-state index contributed by atoms with van der Waals surface area (Å²) in [5, 5.41) is 7.62. The molecule has 1 N–H and O–H groups in total. The van der Waals surface area contributed by atoms with Gasteiger partial charge in [-0.1, -0.05) is 30.7 Å². The summed E-state index contributed by atoms with van der Waals surface area (Å²) in [4.78, 5) is 0. The maximum Gasteiger partial charge on any atom is 0.146 e. The Balaban J connectivity index is 2.26. The summed E-state index contributed by atoms with van der Waals surface area (Å²) < 4.78 is 14.0. The minimum atomic E-state index is -0.319. The Kier molecular flexibility index (Phi) is 4.75. The summed E-state index contributed by atoms with van der Waals surface area (Å²) in [5.41, 5.74) is 1.85. The van der Waals surface area contributed by atoms with Gasteiger partial charge in [-0.3, -0.25) is 0 Å². The molecule has 4 heteroatoms. The lowest BCUT2D eigenvalue weighted by molar-refractivity contribution is 0.510. The van der Waals surface area contributed by atoms with E-state index >= 15 is 0 Å². The number of benzene rings is 1. The fourth-order valence-corrected chi connectivity index (χ4v) is 2.84. The third-order valence-corrected chi connectivity index (χ3v) is 3.85. The zero-order valence-electron chi connectivity index (χ0n) is 10.1. The second-order valence-electron chi connectivity index (χ2n) is 4.09. The summed E-state index contributed by atoms with van der Waals surface area (Å²) in [6.45, 7) is 2.81. The molecule has 1 unspecified atom stereocenters. The first-order valence-corrected chi connectivity index (χ1v) is 7.22. The maximum atomic E-state index is 14.0. The lowest BCUT2D eigenvalue weighted by Gasteiger charge is -2.19. The van der Waals surface area contributed by atoms with E-state index < -0.39 is 0 Å². The number of likely N-dealkylation sites (N-methyl/N-ethyl adjacent to an activating group) is 1. The minimum absolute atomic E-state index is 0.0386. The molecule has 0 saturated heterocycles. The summed E-state index contributed by atoms with van der Waals surface area (Å²) in [6.07, 6.45) is 0.772. The van der Waals surface area contributed by atoms with E-state index in [9.17, 15) is 4.39 Å². The van der Waals surface area contributed by atoms with E-state index in [2.05, 4.69) is 16.8 Å². The zero-order chi connectivity index (χ0) is 13.0. The quantitative estimate of drug-likeness (QED) is 0.856. The molecule has 1 atom stereocenters. The van der Waals surface area contributed by atoms with Crippen LogP contribution in [0.3, 0.4) is 0 Å². The fourth-order valence-electron chi connectivity index (χ4n) is 1.97. The van der Waals surface area contributed by atoms with E-state index in [-0.39, 0.29) is 16.9 Å². The fraction of sp³-hybridized carbons (Fsp3) is 0.286. The summed E-state index contributed by atoms with van der Waals surface area (Å²) in [5.74, 6) is -0.319. The summed E-state index contributed by atoms with van der Waals surface area (Å²) in [7, 11) is 0. The molecule has 1 aromatic carbocycles. The van der Waals surface area contributed by atoms with E-state index in [0.717, 1.165) is 13.0 Å². The van der Waals surface area contributed by atoms with Gasteiger partial charge in [0.15, 0.2) is 0 Å². The molecule has 1 heterocycles. The van der Waals surface area contributed by atoms with Crippen LogP contribution in [0.5, 0.6) is 0 Å². The van der Waals surface area contributed by atoms with E-state index in [1.807, 2.05) is 12.3 Å². The van der Waals surface area contributed by atoms with Crippen LogP contribution < -0.4 is 5.32 Å². The lowest BCUT2D eigenvalue weighted by Crippen LogP contribution is -2.23. The van der Waals surface area contributed by atoms with Gasteiger partial charge in [-0.05, 0) is 41.4 Å². The molecule has 0 bridgehead atoms. The molecule has 0 radical (unpaired) electrons. The Hall–Kier alpha value is -0.900. The van der Waals surface area contributed by atoms with Crippen molar-refractivity contribution in [1.82, 2.24) is 5.32 Å².